The molecule has 7 heteroatoms. The largest absolute Gasteiger partial charge is 0.493 e. The molecule has 2 aliphatic rings. The first-order valence-corrected chi connectivity index (χ1v) is 11.5. The van der Waals surface area contributed by atoms with Crippen LogP contribution in [0.4, 0.5) is 0 Å². The molecule has 1 heterocycles. The zero-order chi connectivity index (χ0) is 23.7. The van der Waals surface area contributed by atoms with Crippen LogP contribution in [0.3, 0.4) is 0 Å². The summed E-state index contributed by atoms with van der Waals surface area (Å²) in [6.07, 6.45) is 5.35. The van der Waals surface area contributed by atoms with Crippen molar-refractivity contribution in [2.75, 3.05) is 20.3 Å². The van der Waals surface area contributed by atoms with E-state index in [0.29, 0.717) is 39.6 Å². The molecular weight excluding hydrogens is 533 g/mol. The maximum absolute atomic E-state index is 13.5. The first-order chi connectivity index (χ1) is 15.9. The van der Waals surface area contributed by atoms with Crippen molar-refractivity contribution >= 4 is 40.0 Å². The van der Waals surface area contributed by atoms with Crippen molar-refractivity contribution in [1.82, 2.24) is 5.32 Å². The maximum atomic E-state index is 13.5. The number of terminal acetylenes is 1. The van der Waals surface area contributed by atoms with Gasteiger partial charge in [0.05, 0.1) is 28.6 Å². The van der Waals surface area contributed by atoms with Gasteiger partial charge in [-0.05, 0) is 54.1 Å². The Morgan fingerprint density at radius 2 is 1.97 bits per heavy atom. The van der Waals surface area contributed by atoms with Crippen LogP contribution in [0.2, 0.25) is 0 Å². The van der Waals surface area contributed by atoms with Gasteiger partial charge in [-0.1, -0.05) is 30.2 Å². The minimum Gasteiger partial charge on any atom is -0.493 e. The number of ether oxygens (including phenoxy) is 3. The Morgan fingerprint density at radius 3 is 2.64 bits per heavy atom. The second kappa shape index (κ2) is 9.32. The topological polar surface area (TPSA) is 73.9 Å². The number of hydrogen-bond acceptors (Lipinski definition) is 6. The highest BCUT2D eigenvalue weighted by Gasteiger charge is 2.43. The number of rotatable bonds is 6. The van der Waals surface area contributed by atoms with Crippen LogP contribution >= 0.6 is 22.6 Å². The van der Waals surface area contributed by atoms with Crippen LogP contribution in [0.5, 0.6) is 11.5 Å². The highest BCUT2D eigenvalue weighted by atomic mass is 127. The Kier molecular flexibility index (Phi) is 6.47. The van der Waals surface area contributed by atoms with E-state index in [-0.39, 0.29) is 19.0 Å². The Balaban J connectivity index is 1.93. The minimum absolute atomic E-state index is 0.0925. The van der Waals surface area contributed by atoms with Crippen molar-refractivity contribution in [2.45, 2.75) is 19.8 Å². The average Bonchev–Trinajstić information content (AvgIpc) is 3.08. The normalized spacial score (nSPS) is 16.6. The Morgan fingerprint density at radius 1 is 1.24 bits per heavy atom. The highest BCUT2D eigenvalue weighted by molar-refractivity contribution is 14.1. The van der Waals surface area contributed by atoms with E-state index in [1.807, 2.05) is 31.2 Å². The van der Waals surface area contributed by atoms with Gasteiger partial charge in [0.1, 0.15) is 6.61 Å². The molecule has 4 rings (SSSR count). The minimum atomic E-state index is -0.635. The van der Waals surface area contributed by atoms with Gasteiger partial charge in [0.25, 0.3) is 0 Å². The number of dihydropyridines is 1. The lowest BCUT2D eigenvalue weighted by molar-refractivity contribution is -0.138. The summed E-state index contributed by atoms with van der Waals surface area (Å²) in [4.78, 5) is 26.6. The van der Waals surface area contributed by atoms with Gasteiger partial charge in [-0.3, -0.25) is 4.79 Å². The SMILES string of the molecule is C#CCOc1c(I)cc([C@@H]2C(C(=O)OCC)=C(C)NC3=C2C(=O)c2ccccc23)cc1OC. The lowest BCUT2D eigenvalue weighted by atomic mass is 9.79. The van der Waals surface area contributed by atoms with E-state index in [1.54, 1.807) is 19.1 Å². The lowest BCUT2D eigenvalue weighted by Gasteiger charge is -2.29. The van der Waals surface area contributed by atoms with Gasteiger partial charge >= 0.3 is 5.97 Å². The van der Waals surface area contributed by atoms with E-state index in [4.69, 9.17) is 20.6 Å². The molecular formula is C26H22INO5. The van der Waals surface area contributed by atoms with Crippen LogP contribution in [0.25, 0.3) is 5.70 Å². The smallest absolute Gasteiger partial charge is 0.336 e. The summed E-state index contributed by atoms with van der Waals surface area (Å²) >= 11 is 2.14. The van der Waals surface area contributed by atoms with E-state index < -0.39 is 11.9 Å². The molecule has 1 atom stereocenters. The lowest BCUT2D eigenvalue weighted by Crippen LogP contribution is -2.29. The third-order valence-corrected chi connectivity index (χ3v) is 6.43. The van der Waals surface area contributed by atoms with Crippen molar-refractivity contribution < 1.29 is 23.8 Å². The first kappa shape index (κ1) is 22.9. The van der Waals surface area contributed by atoms with E-state index >= 15 is 0 Å². The quantitative estimate of drug-likeness (QED) is 0.323. The van der Waals surface area contributed by atoms with Crippen LogP contribution in [-0.2, 0) is 9.53 Å². The number of nitrogens with one attached hydrogen (secondary N) is 1. The third kappa shape index (κ3) is 3.89. The number of carbonyl (C=O) groups excluding carboxylic acids is 2. The first-order valence-electron chi connectivity index (χ1n) is 10.4. The number of fused-ring (bicyclic) bond motifs is 2. The standard InChI is InChI=1S/C26H22INO5/c1-5-11-33-25-18(27)12-15(13-19(25)31-4)21-20(26(30)32-6-2)14(3)28-23-16-9-7-8-10-17(16)24(29)22(21)23/h1,7-10,12-13,21,28H,6,11H2,2-4H3/t21-/m1/s1. The number of esters is 1. The Labute approximate surface area is 206 Å². The maximum Gasteiger partial charge on any atom is 0.336 e. The molecule has 0 spiro atoms. The van der Waals surface area contributed by atoms with Crippen molar-refractivity contribution in [3.8, 4) is 23.8 Å². The zero-order valence-electron chi connectivity index (χ0n) is 18.5. The van der Waals surface area contributed by atoms with Gasteiger partial charge in [0.2, 0.25) is 0 Å². The summed E-state index contributed by atoms with van der Waals surface area (Å²) in [5, 5.41) is 3.29. The van der Waals surface area contributed by atoms with E-state index in [0.717, 1.165) is 14.7 Å². The molecule has 0 amide bonds. The van der Waals surface area contributed by atoms with Crippen LogP contribution in [-0.4, -0.2) is 32.1 Å². The molecule has 1 aliphatic heterocycles. The molecule has 168 valence electrons. The fourth-order valence-corrected chi connectivity index (χ4v) is 5.08. The monoisotopic (exact) mass is 555 g/mol. The number of ketones is 1. The van der Waals surface area contributed by atoms with Crippen LogP contribution in [0, 0.1) is 15.9 Å². The van der Waals surface area contributed by atoms with Crippen LogP contribution in [0.1, 0.15) is 41.3 Å². The molecule has 0 bridgehead atoms. The molecule has 1 N–H and O–H groups in total. The van der Waals surface area contributed by atoms with E-state index in [1.165, 1.54) is 7.11 Å². The number of hydrogen-bond donors (Lipinski definition) is 1. The molecule has 2 aromatic rings. The molecule has 2 aromatic carbocycles. The molecule has 0 saturated heterocycles. The van der Waals surface area contributed by atoms with Crippen molar-refractivity contribution in [3.63, 3.8) is 0 Å². The molecule has 0 saturated carbocycles. The summed E-state index contributed by atoms with van der Waals surface area (Å²) in [5.74, 6) is 2.22. The average molecular weight is 555 g/mol. The summed E-state index contributed by atoms with van der Waals surface area (Å²) in [7, 11) is 1.54. The summed E-state index contributed by atoms with van der Waals surface area (Å²) < 4.78 is 17.4. The Hall–Kier alpha value is -3.25. The van der Waals surface area contributed by atoms with Gasteiger partial charge in [0, 0.05) is 28.3 Å². The molecule has 0 unspecified atom stereocenters. The van der Waals surface area contributed by atoms with E-state index in [9.17, 15) is 9.59 Å². The summed E-state index contributed by atoms with van der Waals surface area (Å²) in [6, 6.07) is 11.1. The molecule has 0 fully saturated rings. The Bertz CT molecular complexity index is 1270. The fourth-order valence-electron chi connectivity index (χ4n) is 4.30. The number of Topliss-reactive ketones (excluding diaryl/α,β-unsaturated/α-hetero) is 1. The number of halogens is 1. The van der Waals surface area contributed by atoms with Crippen molar-refractivity contribution in [2.24, 2.45) is 0 Å². The number of allylic oxidation sites excluding steroid dienone is 2. The molecule has 0 aromatic heterocycles. The van der Waals surface area contributed by atoms with Gasteiger partial charge < -0.3 is 19.5 Å². The molecule has 33 heavy (non-hydrogen) atoms. The van der Waals surface area contributed by atoms with Gasteiger partial charge in [-0.25, -0.2) is 4.79 Å². The molecule has 0 radical (unpaired) electrons. The van der Waals surface area contributed by atoms with E-state index in [2.05, 4.69) is 33.8 Å². The third-order valence-electron chi connectivity index (χ3n) is 5.63. The predicted octanol–water partition coefficient (Wildman–Crippen LogP) is 4.44. The highest BCUT2D eigenvalue weighted by Crippen LogP contribution is 2.48. The fraction of sp³-hybridized carbons (Fsp3) is 0.231. The predicted molar refractivity (Wildman–Crippen MR) is 133 cm³/mol. The van der Waals surface area contributed by atoms with Crippen LogP contribution < -0.4 is 14.8 Å². The van der Waals surface area contributed by atoms with Gasteiger partial charge in [-0.2, -0.15) is 0 Å². The molecule has 6 nitrogen and oxygen atoms in total. The second-order valence-electron chi connectivity index (χ2n) is 7.51. The number of carbonyl (C=O) groups is 2. The van der Waals surface area contributed by atoms with Crippen LogP contribution in [0.15, 0.2) is 53.2 Å². The number of benzene rings is 2. The van der Waals surface area contributed by atoms with Crippen molar-refractivity contribution in [3.05, 3.63) is 73.5 Å². The zero-order valence-corrected chi connectivity index (χ0v) is 20.6. The molecule has 1 aliphatic carbocycles. The van der Waals surface area contributed by atoms with Crippen molar-refractivity contribution in [1.29, 1.82) is 0 Å². The van der Waals surface area contributed by atoms with Gasteiger partial charge in [-0.15, -0.1) is 6.42 Å². The number of methoxy groups -OCH3 is 1. The summed E-state index contributed by atoms with van der Waals surface area (Å²) in [5.41, 5.74) is 4.42. The summed E-state index contributed by atoms with van der Waals surface area (Å²) in [6.45, 7) is 3.89. The van der Waals surface area contributed by atoms with Gasteiger partial charge in [0.15, 0.2) is 17.3 Å². The second-order valence-corrected chi connectivity index (χ2v) is 8.67.